The molecule has 1 aliphatic heterocycles. The van der Waals surface area contributed by atoms with Crippen LogP contribution in [0.4, 0.5) is 0 Å². The van der Waals surface area contributed by atoms with Crippen LogP contribution in [-0.4, -0.2) is 30.6 Å². The summed E-state index contributed by atoms with van der Waals surface area (Å²) in [6, 6.07) is 3.83. The van der Waals surface area contributed by atoms with Crippen LogP contribution in [0.3, 0.4) is 0 Å². The second kappa shape index (κ2) is 7.69. The molecule has 2 rings (SSSR count). The summed E-state index contributed by atoms with van der Waals surface area (Å²) >= 11 is 0. The van der Waals surface area contributed by atoms with Gasteiger partial charge in [-0.2, -0.15) is 0 Å². The van der Waals surface area contributed by atoms with Gasteiger partial charge in [0.25, 0.3) is 5.91 Å². The SMILES string of the molecule is CC(=O)N/C(=C/c1ccc2c(c1)OCO2)C(=O)N[C@@H](C(=O)[O-])C(C)C. The van der Waals surface area contributed by atoms with Crippen molar-refractivity contribution >= 4 is 23.9 Å². The minimum Gasteiger partial charge on any atom is -0.548 e. The van der Waals surface area contributed by atoms with Gasteiger partial charge in [0, 0.05) is 6.92 Å². The molecule has 0 bridgehead atoms. The number of carbonyl (C=O) groups is 3. The summed E-state index contributed by atoms with van der Waals surface area (Å²) in [4.78, 5) is 34.9. The van der Waals surface area contributed by atoms with Crippen LogP contribution in [0, 0.1) is 5.92 Å². The zero-order valence-electron chi connectivity index (χ0n) is 14.1. The number of rotatable bonds is 6. The molecule has 0 spiro atoms. The Kier molecular flexibility index (Phi) is 5.63. The van der Waals surface area contributed by atoms with E-state index in [2.05, 4.69) is 10.6 Å². The van der Waals surface area contributed by atoms with Gasteiger partial charge in [0.15, 0.2) is 11.5 Å². The number of benzene rings is 1. The third-order valence-electron chi connectivity index (χ3n) is 3.47. The minimum atomic E-state index is -1.39. The van der Waals surface area contributed by atoms with Gasteiger partial charge < -0.3 is 30.0 Å². The number of hydrogen-bond acceptors (Lipinski definition) is 6. The van der Waals surface area contributed by atoms with Gasteiger partial charge in [-0.3, -0.25) is 9.59 Å². The Morgan fingerprint density at radius 2 is 1.88 bits per heavy atom. The van der Waals surface area contributed by atoms with Gasteiger partial charge in [-0.15, -0.1) is 0 Å². The predicted octanol–water partition coefficient (Wildman–Crippen LogP) is -0.217. The van der Waals surface area contributed by atoms with Gasteiger partial charge >= 0.3 is 0 Å². The zero-order valence-corrected chi connectivity index (χ0v) is 14.1. The lowest BCUT2D eigenvalue weighted by Gasteiger charge is -2.23. The van der Waals surface area contributed by atoms with Gasteiger partial charge in [-0.05, 0) is 29.7 Å². The highest BCUT2D eigenvalue weighted by molar-refractivity contribution is 6.02. The Morgan fingerprint density at radius 1 is 1.20 bits per heavy atom. The Balaban J connectivity index is 2.27. The third kappa shape index (κ3) is 4.72. The fourth-order valence-electron chi connectivity index (χ4n) is 2.23. The van der Waals surface area contributed by atoms with Gasteiger partial charge in [0.2, 0.25) is 12.7 Å². The predicted molar refractivity (Wildman–Crippen MR) is 86.1 cm³/mol. The molecule has 0 saturated heterocycles. The van der Waals surface area contributed by atoms with Crippen molar-refractivity contribution in [3.63, 3.8) is 0 Å². The molecule has 2 amide bonds. The van der Waals surface area contributed by atoms with E-state index >= 15 is 0 Å². The molecule has 0 unspecified atom stereocenters. The second-order valence-electron chi connectivity index (χ2n) is 5.87. The van der Waals surface area contributed by atoms with Crippen LogP contribution in [0.25, 0.3) is 6.08 Å². The van der Waals surface area contributed by atoms with Crippen LogP contribution in [0.5, 0.6) is 11.5 Å². The highest BCUT2D eigenvalue weighted by Gasteiger charge is 2.21. The quantitative estimate of drug-likeness (QED) is 0.687. The number of carbonyl (C=O) groups excluding carboxylic acids is 3. The Bertz CT molecular complexity index is 726. The van der Waals surface area contributed by atoms with Crippen LogP contribution < -0.4 is 25.2 Å². The number of nitrogens with one attached hydrogen (secondary N) is 2. The van der Waals surface area contributed by atoms with Crippen molar-refractivity contribution in [2.45, 2.75) is 26.8 Å². The fraction of sp³-hybridized carbons (Fsp3) is 0.353. The maximum Gasteiger partial charge on any atom is 0.268 e. The molecule has 1 heterocycles. The van der Waals surface area contributed by atoms with Crippen molar-refractivity contribution in [1.29, 1.82) is 0 Å². The molecule has 134 valence electrons. The van der Waals surface area contributed by atoms with Gasteiger partial charge in [-0.25, -0.2) is 0 Å². The van der Waals surface area contributed by atoms with Crippen LogP contribution in [0.15, 0.2) is 23.9 Å². The summed E-state index contributed by atoms with van der Waals surface area (Å²) in [5.41, 5.74) is 0.496. The van der Waals surface area contributed by atoms with Crippen molar-refractivity contribution in [2.75, 3.05) is 6.79 Å². The first-order chi connectivity index (χ1) is 11.8. The lowest BCUT2D eigenvalue weighted by Crippen LogP contribution is -2.52. The molecule has 0 aromatic heterocycles. The number of fused-ring (bicyclic) bond motifs is 1. The monoisotopic (exact) mass is 347 g/mol. The average Bonchev–Trinajstić information content (AvgIpc) is 2.98. The van der Waals surface area contributed by atoms with Crippen molar-refractivity contribution in [2.24, 2.45) is 5.92 Å². The van der Waals surface area contributed by atoms with Crippen LogP contribution in [0.1, 0.15) is 26.3 Å². The maximum atomic E-state index is 12.4. The summed E-state index contributed by atoms with van der Waals surface area (Å²) in [6.07, 6.45) is 1.42. The summed E-state index contributed by atoms with van der Waals surface area (Å²) in [7, 11) is 0. The van der Waals surface area contributed by atoms with E-state index in [9.17, 15) is 19.5 Å². The van der Waals surface area contributed by atoms with Gasteiger partial charge in [0.1, 0.15) is 5.70 Å². The summed E-state index contributed by atoms with van der Waals surface area (Å²) in [5, 5.41) is 15.9. The van der Waals surface area contributed by atoms with Crippen molar-refractivity contribution in [3.8, 4) is 11.5 Å². The maximum absolute atomic E-state index is 12.4. The number of ether oxygens (including phenoxy) is 2. The van der Waals surface area contributed by atoms with Crippen LogP contribution in [0.2, 0.25) is 0 Å². The van der Waals surface area contributed by atoms with Gasteiger partial charge in [0.05, 0.1) is 12.0 Å². The summed E-state index contributed by atoms with van der Waals surface area (Å²) < 4.78 is 10.5. The first-order valence-electron chi connectivity index (χ1n) is 7.68. The highest BCUT2D eigenvalue weighted by Crippen LogP contribution is 2.33. The molecule has 0 aliphatic carbocycles. The first-order valence-corrected chi connectivity index (χ1v) is 7.68. The van der Waals surface area contributed by atoms with Crippen molar-refractivity contribution in [3.05, 3.63) is 29.5 Å². The largest absolute Gasteiger partial charge is 0.548 e. The highest BCUT2D eigenvalue weighted by atomic mass is 16.7. The molecule has 1 aromatic carbocycles. The summed E-state index contributed by atoms with van der Waals surface area (Å²) in [5.74, 6) is -1.86. The number of carboxylic acids is 1. The lowest BCUT2D eigenvalue weighted by molar-refractivity contribution is -0.309. The first kappa shape index (κ1) is 18.3. The molecule has 0 fully saturated rings. The second-order valence-corrected chi connectivity index (χ2v) is 5.87. The van der Waals surface area contributed by atoms with E-state index in [0.717, 1.165) is 0 Å². The molecular formula is C17H19N2O6-. The summed E-state index contributed by atoms with van der Waals surface area (Å²) in [6.45, 7) is 4.64. The fourth-order valence-corrected chi connectivity index (χ4v) is 2.23. The standard InChI is InChI=1S/C17H20N2O6/c1-9(2)15(17(22)23)19-16(21)12(18-10(3)20)6-11-4-5-13-14(7-11)25-8-24-13/h4-7,9,15H,8H2,1-3H3,(H,18,20)(H,19,21)(H,22,23)/p-1/b12-6+/t15-/m1/s1. The number of aliphatic carboxylic acids is 1. The Hall–Kier alpha value is -3.03. The van der Waals surface area contributed by atoms with Crippen LogP contribution >= 0.6 is 0 Å². The van der Waals surface area contributed by atoms with Gasteiger partial charge in [-0.1, -0.05) is 19.9 Å². The third-order valence-corrected chi connectivity index (χ3v) is 3.47. The smallest absolute Gasteiger partial charge is 0.268 e. The van der Waals surface area contributed by atoms with E-state index in [1.807, 2.05) is 0 Å². The number of hydrogen-bond donors (Lipinski definition) is 2. The topological polar surface area (TPSA) is 117 Å². The molecule has 1 aliphatic rings. The molecule has 2 N–H and O–H groups in total. The van der Waals surface area contributed by atoms with Crippen molar-refractivity contribution in [1.82, 2.24) is 10.6 Å². The van der Waals surface area contributed by atoms with E-state index < -0.39 is 23.8 Å². The molecule has 1 aromatic rings. The van der Waals surface area contributed by atoms with E-state index in [1.165, 1.54) is 13.0 Å². The molecule has 0 saturated carbocycles. The Labute approximate surface area is 144 Å². The number of amides is 2. The lowest BCUT2D eigenvalue weighted by atomic mass is 10.0. The number of carboxylic acid groups (broad SMARTS) is 1. The zero-order chi connectivity index (χ0) is 18.6. The molecule has 8 heteroatoms. The molecular weight excluding hydrogens is 328 g/mol. The van der Waals surface area contributed by atoms with E-state index in [0.29, 0.717) is 17.1 Å². The minimum absolute atomic E-state index is 0.0849. The average molecular weight is 347 g/mol. The van der Waals surface area contributed by atoms with E-state index in [1.54, 1.807) is 32.0 Å². The molecule has 1 atom stereocenters. The molecule has 8 nitrogen and oxygen atoms in total. The Morgan fingerprint density at radius 3 is 2.48 bits per heavy atom. The normalized spacial score (nSPS) is 14.2. The van der Waals surface area contributed by atoms with E-state index in [-0.39, 0.29) is 18.4 Å². The molecule has 25 heavy (non-hydrogen) atoms. The molecule has 0 radical (unpaired) electrons. The van der Waals surface area contributed by atoms with E-state index in [4.69, 9.17) is 9.47 Å². The van der Waals surface area contributed by atoms with Crippen LogP contribution in [-0.2, 0) is 14.4 Å². The van der Waals surface area contributed by atoms with Crippen molar-refractivity contribution < 1.29 is 29.0 Å².